The van der Waals surface area contributed by atoms with Gasteiger partial charge in [-0.1, -0.05) is 44.2 Å². The van der Waals surface area contributed by atoms with Crippen LogP contribution in [0.4, 0.5) is 0 Å². The van der Waals surface area contributed by atoms with Crippen molar-refractivity contribution in [2.75, 3.05) is 20.6 Å². The molecule has 0 bridgehead atoms. The second kappa shape index (κ2) is 9.30. The molecule has 0 aromatic heterocycles. The largest absolute Gasteiger partial charge is 0.353 e. The van der Waals surface area contributed by atoms with E-state index in [1.165, 1.54) is 12.5 Å². The van der Waals surface area contributed by atoms with Gasteiger partial charge in [0.25, 0.3) is 0 Å². The van der Waals surface area contributed by atoms with Crippen LogP contribution in [-0.4, -0.2) is 49.4 Å². The second-order valence-electron chi connectivity index (χ2n) is 6.47. The first-order valence-corrected chi connectivity index (χ1v) is 8.06. The van der Waals surface area contributed by atoms with Crippen LogP contribution in [0.1, 0.15) is 26.3 Å². The van der Waals surface area contributed by atoms with E-state index in [1.54, 1.807) is 0 Å². The summed E-state index contributed by atoms with van der Waals surface area (Å²) in [5, 5.41) is 5.69. The van der Waals surface area contributed by atoms with Gasteiger partial charge in [0.15, 0.2) is 0 Å². The molecular weight excluding hydrogens is 290 g/mol. The summed E-state index contributed by atoms with van der Waals surface area (Å²) in [4.78, 5) is 25.7. The summed E-state index contributed by atoms with van der Waals surface area (Å²) >= 11 is 0. The zero-order chi connectivity index (χ0) is 17.4. The van der Waals surface area contributed by atoms with Gasteiger partial charge in [-0.15, -0.1) is 0 Å². The Kier molecular flexibility index (Phi) is 7.75. The minimum absolute atomic E-state index is 0.0471. The maximum absolute atomic E-state index is 12.4. The van der Waals surface area contributed by atoms with Crippen molar-refractivity contribution in [2.45, 2.75) is 39.3 Å². The Balaban J connectivity index is 2.63. The molecule has 1 aromatic rings. The highest BCUT2D eigenvalue weighted by Gasteiger charge is 2.24. The highest BCUT2D eigenvalue weighted by molar-refractivity contribution is 5.87. The van der Waals surface area contributed by atoms with Gasteiger partial charge in [0.05, 0.1) is 0 Å². The Bertz CT molecular complexity index is 500. The monoisotopic (exact) mass is 319 g/mol. The molecule has 0 heterocycles. The van der Waals surface area contributed by atoms with E-state index < -0.39 is 6.04 Å². The third kappa shape index (κ3) is 6.82. The van der Waals surface area contributed by atoms with Crippen LogP contribution in [0, 0.1) is 5.92 Å². The molecule has 5 heteroatoms. The van der Waals surface area contributed by atoms with Crippen molar-refractivity contribution in [3.63, 3.8) is 0 Å². The van der Waals surface area contributed by atoms with Crippen LogP contribution in [0.5, 0.6) is 0 Å². The molecule has 0 fully saturated rings. The molecule has 2 unspecified atom stereocenters. The molecule has 2 atom stereocenters. The van der Waals surface area contributed by atoms with Crippen LogP contribution < -0.4 is 10.6 Å². The van der Waals surface area contributed by atoms with Gasteiger partial charge in [-0.2, -0.15) is 0 Å². The van der Waals surface area contributed by atoms with Crippen LogP contribution >= 0.6 is 0 Å². The van der Waals surface area contributed by atoms with Gasteiger partial charge in [-0.3, -0.25) is 9.59 Å². The number of likely N-dealkylation sites (N-methyl/N-ethyl adjacent to an activating group) is 1. The number of amides is 2. The van der Waals surface area contributed by atoms with E-state index in [-0.39, 0.29) is 23.8 Å². The minimum atomic E-state index is -0.493. The Morgan fingerprint density at radius 1 is 1.13 bits per heavy atom. The normalized spacial score (nSPS) is 13.7. The molecule has 23 heavy (non-hydrogen) atoms. The number of benzene rings is 1. The summed E-state index contributed by atoms with van der Waals surface area (Å²) in [6, 6.07) is 9.92. The molecule has 1 rings (SSSR count). The summed E-state index contributed by atoms with van der Waals surface area (Å²) < 4.78 is 0. The van der Waals surface area contributed by atoms with Gasteiger partial charge >= 0.3 is 0 Å². The van der Waals surface area contributed by atoms with E-state index >= 15 is 0 Å². The van der Waals surface area contributed by atoms with Gasteiger partial charge in [0, 0.05) is 19.5 Å². The highest BCUT2D eigenvalue weighted by Crippen LogP contribution is 2.07. The molecule has 128 valence electrons. The molecule has 0 aliphatic heterocycles. The van der Waals surface area contributed by atoms with Crippen molar-refractivity contribution >= 4 is 11.8 Å². The molecule has 0 aliphatic carbocycles. The maximum Gasteiger partial charge on any atom is 0.242 e. The van der Waals surface area contributed by atoms with Crippen molar-refractivity contribution in [2.24, 2.45) is 5.92 Å². The molecule has 1 aromatic carbocycles. The van der Waals surface area contributed by atoms with Crippen LogP contribution in [-0.2, 0) is 16.0 Å². The van der Waals surface area contributed by atoms with Crippen molar-refractivity contribution < 1.29 is 9.59 Å². The average Bonchev–Trinajstić information content (AvgIpc) is 2.49. The third-order valence-electron chi connectivity index (χ3n) is 3.86. The summed E-state index contributed by atoms with van der Waals surface area (Å²) in [6.07, 6.45) is 0.862. The van der Waals surface area contributed by atoms with Gasteiger partial charge in [0.1, 0.15) is 6.04 Å². The number of carbonyl (C=O) groups excluding carboxylic acids is 2. The van der Waals surface area contributed by atoms with E-state index in [2.05, 4.69) is 27.7 Å². The van der Waals surface area contributed by atoms with Crippen LogP contribution in [0.15, 0.2) is 30.3 Å². The molecule has 0 saturated heterocycles. The number of carbonyl (C=O) groups is 2. The first-order valence-electron chi connectivity index (χ1n) is 8.06. The molecular formula is C18H29N3O2. The lowest BCUT2D eigenvalue weighted by Crippen LogP contribution is -2.52. The van der Waals surface area contributed by atoms with Crippen molar-refractivity contribution in [1.29, 1.82) is 0 Å². The minimum Gasteiger partial charge on any atom is -0.353 e. The first-order chi connectivity index (χ1) is 10.8. The topological polar surface area (TPSA) is 61.4 Å². The molecule has 2 amide bonds. The van der Waals surface area contributed by atoms with Crippen molar-refractivity contribution in [3.05, 3.63) is 35.9 Å². The smallest absolute Gasteiger partial charge is 0.242 e. The Hall–Kier alpha value is -1.88. The molecule has 0 spiro atoms. The Labute approximate surface area is 139 Å². The molecule has 0 radical (unpaired) electrons. The average molecular weight is 319 g/mol. The van der Waals surface area contributed by atoms with Crippen molar-refractivity contribution in [1.82, 2.24) is 15.5 Å². The predicted molar refractivity (Wildman–Crippen MR) is 93.1 cm³/mol. The number of hydrogen-bond acceptors (Lipinski definition) is 3. The van der Waals surface area contributed by atoms with Gasteiger partial charge in [-0.05, 0) is 32.0 Å². The van der Waals surface area contributed by atoms with Gasteiger partial charge in [-0.25, -0.2) is 0 Å². The SMILES string of the molecule is CC(=O)NC(C(=O)NCC(Cc1ccccc1)N(C)C)C(C)C. The lowest BCUT2D eigenvalue weighted by Gasteiger charge is -2.27. The fourth-order valence-corrected chi connectivity index (χ4v) is 2.41. The molecule has 0 aliphatic rings. The zero-order valence-corrected chi connectivity index (χ0v) is 14.8. The molecule has 2 N–H and O–H groups in total. The highest BCUT2D eigenvalue weighted by atomic mass is 16.2. The van der Waals surface area contributed by atoms with Crippen LogP contribution in [0.25, 0.3) is 0 Å². The number of nitrogens with zero attached hydrogens (tertiary/aromatic N) is 1. The maximum atomic E-state index is 12.4. The van der Waals surface area contributed by atoms with E-state index in [0.717, 1.165) is 6.42 Å². The van der Waals surface area contributed by atoms with Gasteiger partial charge in [0.2, 0.25) is 11.8 Å². The lowest BCUT2D eigenvalue weighted by molar-refractivity contribution is -0.129. The Morgan fingerprint density at radius 2 is 1.74 bits per heavy atom. The lowest BCUT2D eigenvalue weighted by atomic mass is 10.0. The fraction of sp³-hybridized carbons (Fsp3) is 0.556. The predicted octanol–water partition coefficient (Wildman–Crippen LogP) is 1.44. The van der Waals surface area contributed by atoms with Crippen LogP contribution in [0.3, 0.4) is 0 Å². The number of hydrogen-bond donors (Lipinski definition) is 2. The number of nitrogens with one attached hydrogen (secondary N) is 2. The summed E-state index contributed by atoms with van der Waals surface area (Å²) in [6.45, 7) is 5.82. The molecule has 0 saturated carbocycles. The zero-order valence-electron chi connectivity index (χ0n) is 14.8. The molecule has 5 nitrogen and oxygen atoms in total. The Morgan fingerprint density at radius 3 is 2.22 bits per heavy atom. The summed E-state index contributed by atoms with van der Waals surface area (Å²) in [5.41, 5.74) is 1.24. The third-order valence-corrected chi connectivity index (χ3v) is 3.86. The quantitative estimate of drug-likeness (QED) is 0.762. The van der Waals surface area contributed by atoms with Crippen LogP contribution in [0.2, 0.25) is 0 Å². The van der Waals surface area contributed by atoms with Crippen molar-refractivity contribution in [3.8, 4) is 0 Å². The second-order valence-corrected chi connectivity index (χ2v) is 6.47. The van der Waals surface area contributed by atoms with Gasteiger partial charge < -0.3 is 15.5 Å². The summed E-state index contributed by atoms with van der Waals surface area (Å²) in [7, 11) is 4.01. The van der Waals surface area contributed by atoms with E-state index in [9.17, 15) is 9.59 Å². The number of rotatable bonds is 8. The van der Waals surface area contributed by atoms with E-state index in [1.807, 2.05) is 46.1 Å². The standard InChI is InChI=1S/C18H29N3O2/c1-13(2)17(20-14(3)22)18(23)19-12-16(21(4)5)11-15-9-7-6-8-10-15/h6-10,13,16-17H,11-12H2,1-5H3,(H,19,23)(H,20,22). The fourth-order valence-electron chi connectivity index (χ4n) is 2.41. The summed E-state index contributed by atoms with van der Waals surface area (Å²) in [5.74, 6) is -0.270. The van der Waals surface area contributed by atoms with E-state index in [4.69, 9.17) is 0 Å². The van der Waals surface area contributed by atoms with E-state index in [0.29, 0.717) is 6.54 Å². The first kappa shape index (κ1) is 19.2.